The second-order valence-corrected chi connectivity index (χ2v) is 8.52. The highest BCUT2D eigenvalue weighted by molar-refractivity contribution is 8.00. The largest absolute Gasteiger partial charge is 0.326 e. The molecule has 8 heteroatoms. The Balaban J connectivity index is 1.65. The lowest BCUT2D eigenvalue weighted by Crippen LogP contribution is -2.14. The molecule has 0 atom stereocenters. The molecule has 2 aromatic heterocycles. The Bertz CT molecular complexity index is 1030. The summed E-state index contributed by atoms with van der Waals surface area (Å²) < 4.78 is 0. The van der Waals surface area contributed by atoms with Gasteiger partial charge in [0.15, 0.2) is 0 Å². The van der Waals surface area contributed by atoms with Gasteiger partial charge in [-0.2, -0.15) is 0 Å². The first-order chi connectivity index (χ1) is 13.4. The normalized spacial score (nSPS) is 10.9. The summed E-state index contributed by atoms with van der Waals surface area (Å²) in [5.41, 5.74) is 2.57. The van der Waals surface area contributed by atoms with Gasteiger partial charge < -0.3 is 10.6 Å². The molecule has 3 aromatic rings. The lowest BCUT2D eigenvalue weighted by atomic mass is 10.2. The summed E-state index contributed by atoms with van der Waals surface area (Å²) >= 11 is 3.08. The Hall–Kier alpha value is -2.45. The zero-order valence-electron chi connectivity index (χ0n) is 16.3. The zero-order valence-corrected chi connectivity index (χ0v) is 17.9. The molecule has 0 aliphatic rings. The van der Waals surface area contributed by atoms with Gasteiger partial charge in [-0.15, -0.1) is 11.3 Å². The highest BCUT2D eigenvalue weighted by Crippen LogP contribution is 2.35. The molecule has 6 nitrogen and oxygen atoms in total. The number of hydrogen-bond donors (Lipinski definition) is 2. The molecule has 0 aliphatic heterocycles. The number of thioether (sulfide) groups is 1. The van der Waals surface area contributed by atoms with E-state index in [-0.39, 0.29) is 17.6 Å². The summed E-state index contributed by atoms with van der Waals surface area (Å²) in [6.45, 7) is 7.81. The molecule has 146 valence electrons. The predicted molar refractivity (Wildman–Crippen MR) is 116 cm³/mol. The molecule has 2 amide bonds. The van der Waals surface area contributed by atoms with Gasteiger partial charge in [-0.25, -0.2) is 9.97 Å². The van der Waals surface area contributed by atoms with Crippen molar-refractivity contribution in [3.63, 3.8) is 0 Å². The number of fused-ring (bicyclic) bond motifs is 1. The molecule has 0 fully saturated rings. The minimum atomic E-state index is -0.107. The van der Waals surface area contributed by atoms with Crippen LogP contribution >= 0.6 is 23.1 Å². The van der Waals surface area contributed by atoms with Gasteiger partial charge in [0, 0.05) is 28.1 Å². The monoisotopic (exact) mass is 414 g/mol. The first-order valence-electron chi connectivity index (χ1n) is 8.94. The van der Waals surface area contributed by atoms with Crippen molar-refractivity contribution in [1.29, 1.82) is 0 Å². The van der Waals surface area contributed by atoms with E-state index < -0.39 is 0 Å². The lowest BCUT2D eigenvalue weighted by Gasteiger charge is -2.08. The van der Waals surface area contributed by atoms with Crippen molar-refractivity contribution < 1.29 is 9.59 Å². The quantitative estimate of drug-likeness (QED) is 0.451. The number of carbonyl (C=O) groups is 2. The van der Waals surface area contributed by atoms with Gasteiger partial charge in [-0.05, 0) is 50.6 Å². The average molecular weight is 415 g/mol. The number of aromatic nitrogens is 2. The fourth-order valence-corrected chi connectivity index (χ4v) is 4.71. The number of hydrogen-bond acceptors (Lipinski definition) is 6. The second kappa shape index (κ2) is 8.70. The van der Waals surface area contributed by atoms with Gasteiger partial charge in [-0.3, -0.25) is 9.59 Å². The maximum atomic E-state index is 12.4. The average Bonchev–Trinajstić information content (AvgIpc) is 2.95. The first kappa shape index (κ1) is 20.3. The van der Waals surface area contributed by atoms with Crippen LogP contribution in [0.2, 0.25) is 0 Å². The minimum Gasteiger partial charge on any atom is -0.326 e. The number of carbonyl (C=O) groups excluding carboxylic acids is 2. The van der Waals surface area contributed by atoms with Crippen molar-refractivity contribution in [2.45, 2.75) is 39.1 Å². The van der Waals surface area contributed by atoms with Crippen molar-refractivity contribution in [2.24, 2.45) is 0 Å². The van der Waals surface area contributed by atoms with E-state index in [1.807, 2.05) is 6.92 Å². The maximum absolute atomic E-state index is 12.4. The molecule has 2 heterocycles. The number of nitrogens with zero attached hydrogens (tertiary/aromatic N) is 2. The molecular formula is C20H22N4O2S2. The molecule has 0 saturated heterocycles. The van der Waals surface area contributed by atoms with Crippen molar-refractivity contribution in [3.8, 4) is 0 Å². The van der Waals surface area contributed by atoms with E-state index in [0.717, 1.165) is 15.2 Å². The van der Waals surface area contributed by atoms with Crippen molar-refractivity contribution in [3.05, 3.63) is 40.5 Å². The summed E-state index contributed by atoms with van der Waals surface area (Å²) in [6, 6.07) is 7.08. The number of thiophene rings is 1. The van der Waals surface area contributed by atoms with Crippen LogP contribution in [0.15, 0.2) is 29.3 Å². The number of amides is 2. The van der Waals surface area contributed by atoms with Gasteiger partial charge in [-0.1, -0.05) is 18.7 Å². The molecule has 0 aliphatic carbocycles. The van der Waals surface area contributed by atoms with Crippen LogP contribution in [0.1, 0.15) is 29.6 Å². The molecule has 0 bridgehead atoms. The van der Waals surface area contributed by atoms with Crippen LogP contribution < -0.4 is 10.6 Å². The van der Waals surface area contributed by atoms with E-state index >= 15 is 0 Å². The van der Waals surface area contributed by atoms with E-state index in [1.54, 1.807) is 42.5 Å². The van der Waals surface area contributed by atoms with E-state index in [9.17, 15) is 9.59 Å². The summed E-state index contributed by atoms with van der Waals surface area (Å²) in [7, 11) is 0. The maximum Gasteiger partial charge on any atom is 0.234 e. The van der Waals surface area contributed by atoms with E-state index in [1.165, 1.54) is 22.2 Å². The Morgan fingerprint density at radius 1 is 1.00 bits per heavy atom. The van der Waals surface area contributed by atoms with Crippen molar-refractivity contribution in [1.82, 2.24) is 9.97 Å². The Morgan fingerprint density at radius 3 is 2.21 bits per heavy atom. The third-order valence-electron chi connectivity index (χ3n) is 4.22. The molecule has 0 spiro atoms. The van der Waals surface area contributed by atoms with Crippen LogP contribution in [-0.4, -0.2) is 27.5 Å². The summed E-state index contributed by atoms with van der Waals surface area (Å²) in [5, 5.41) is 7.54. The number of benzene rings is 1. The van der Waals surface area contributed by atoms with E-state index in [4.69, 9.17) is 0 Å². The van der Waals surface area contributed by atoms with Gasteiger partial charge >= 0.3 is 0 Å². The molecule has 0 radical (unpaired) electrons. The second-order valence-electron chi connectivity index (χ2n) is 6.36. The molecule has 0 unspecified atom stereocenters. The smallest absolute Gasteiger partial charge is 0.234 e. The Labute approximate surface area is 172 Å². The predicted octanol–water partition coefficient (Wildman–Crippen LogP) is 4.70. The van der Waals surface area contributed by atoms with Gasteiger partial charge in [0.2, 0.25) is 11.8 Å². The summed E-state index contributed by atoms with van der Waals surface area (Å²) in [5.74, 6) is 0.818. The molecule has 1 aromatic carbocycles. The van der Waals surface area contributed by atoms with Crippen LogP contribution in [0.5, 0.6) is 0 Å². The highest BCUT2D eigenvalue weighted by atomic mass is 32.2. The Kier molecular flexibility index (Phi) is 6.31. The van der Waals surface area contributed by atoms with Crippen LogP contribution in [0.3, 0.4) is 0 Å². The molecule has 0 saturated carbocycles. The third-order valence-corrected chi connectivity index (χ3v) is 6.30. The zero-order chi connectivity index (χ0) is 20.3. The molecule has 28 heavy (non-hydrogen) atoms. The van der Waals surface area contributed by atoms with Gasteiger partial charge in [0.05, 0.1) is 5.75 Å². The van der Waals surface area contributed by atoms with Crippen LogP contribution in [0, 0.1) is 20.8 Å². The molecular weight excluding hydrogens is 392 g/mol. The first-order valence-corrected chi connectivity index (χ1v) is 10.7. The number of rotatable bonds is 6. The Morgan fingerprint density at radius 2 is 1.61 bits per heavy atom. The molecule has 2 N–H and O–H groups in total. The van der Waals surface area contributed by atoms with Crippen LogP contribution in [-0.2, 0) is 9.59 Å². The van der Waals surface area contributed by atoms with Crippen LogP contribution in [0.4, 0.5) is 11.4 Å². The van der Waals surface area contributed by atoms with Crippen molar-refractivity contribution in [2.75, 3.05) is 16.4 Å². The number of aryl methyl sites for hydroxylation is 3. The van der Waals surface area contributed by atoms with Crippen molar-refractivity contribution >= 4 is 56.5 Å². The SMILES string of the molecule is CCC(=O)Nc1ccc(NC(=O)CSc2nc(C)nc3sc(C)c(C)c23)cc1. The lowest BCUT2D eigenvalue weighted by molar-refractivity contribution is -0.116. The standard InChI is InChI=1S/C20H22N4O2S2/c1-5-16(25)23-14-6-8-15(9-7-14)24-17(26)10-27-19-18-11(2)12(3)28-20(18)22-13(4)21-19/h6-9H,5,10H2,1-4H3,(H,23,25)(H,24,26). The highest BCUT2D eigenvalue weighted by Gasteiger charge is 2.15. The fraction of sp³-hybridized carbons (Fsp3) is 0.300. The number of nitrogens with one attached hydrogen (secondary N) is 2. The fourth-order valence-electron chi connectivity index (χ4n) is 2.64. The topological polar surface area (TPSA) is 84.0 Å². The summed E-state index contributed by atoms with van der Waals surface area (Å²) in [6.07, 6.45) is 0.425. The third kappa shape index (κ3) is 4.69. The van der Waals surface area contributed by atoms with E-state index in [0.29, 0.717) is 23.6 Å². The number of anilines is 2. The minimum absolute atomic E-state index is 0.0430. The van der Waals surface area contributed by atoms with Gasteiger partial charge in [0.1, 0.15) is 15.7 Å². The van der Waals surface area contributed by atoms with E-state index in [2.05, 4.69) is 34.4 Å². The van der Waals surface area contributed by atoms with Gasteiger partial charge in [0.25, 0.3) is 0 Å². The molecule has 3 rings (SSSR count). The summed E-state index contributed by atoms with van der Waals surface area (Å²) in [4.78, 5) is 35.0. The van der Waals surface area contributed by atoms with Crippen LogP contribution in [0.25, 0.3) is 10.2 Å².